The summed E-state index contributed by atoms with van der Waals surface area (Å²) in [6.07, 6.45) is 5.84. The summed E-state index contributed by atoms with van der Waals surface area (Å²) in [7, 11) is 0. The molecule has 1 atom stereocenters. The van der Waals surface area contributed by atoms with Crippen LogP contribution in [-0.4, -0.2) is 30.9 Å². The monoisotopic (exact) mass is 385 g/mol. The quantitative estimate of drug-likeness (QED) is 0.809. The maximum atomic E-state index is 12.4. The first-order chi connectivity index (χ1) is 11.5. The number of amides is 1. The molecule has 0 saturated heterocycles. The summed E-state index contributed by atoms with van der Waals surface area (Å²) < 4.78 is 2.12. The van der Waals surface area contributed by atoms with Crippen molar-refractivity contribution in [2.45, 2.75) is 49.6 Å². The van der Waals surface area contributed by atoms with E-state index in [4.69, 9.17) is 23.2 Å². The second-order valence-corrected chi connectivity index (χ2v) is 7.75. The minimum atomic E-state index is -0.352. The molecule has 1 amide bonds. The van der Waals surface area contributed by atoms with Gasteiger partial charge >= 0.3 is 0 Å². The van der Waals surface area contributed by atoms with Gasteiger partial charge in [0.15, 0.2) is 11.0 Å². The zero-order valence-corrected chi connectivity index (χ0v) is 15.5. The van der Waals surface area contributed by atoms with Crippen LogP contribution in [0.4, 0.5) is 5.82 Å². The number of rotatable bonds is 4. The third-order valence-electron chi connectivity index (χ3n) is 3.78. The van der Waals surface area contributed by atoms with Crippen molar-refractivity contribution >= 4 is 46.7 Å². The van der Waals surface area contributed by atoms with E-state index in [-0.39, 0.29) is 11.2 Å². The summed E-state index contributed by atoms with van der Waals surface area (Å²) in [6, 6.07) is 1.54. The SMILES string of the molecule is C[C@@H](Sc1nnc2n1CCCCC2)C(=O)Nc1ncc(Cl)cc1Cl. The van der Waals surface area contributed by atoms with Crippen LogP contribution in [0.25, 0.3) is 0 Å². The van der Waals surface area contributed by atoms with Gasteiger partial charge in [0.05, 0.1) is 15.3 Å². The van der Waals surface area contributed by atoms with Crippen molar-refractivity contribution in [3.05, 3.63) is 28.1 Å². The first kappa shape index (κ1) is 17.5. The van der Waals surface area contributed by atoms with E-state index >= 15 is 0 Å². The zero-order valence-electron chi connectivity index (χ0n) is 13.1. The number of hydrogen-bond donors (Lipinski definition) is 1. The van der Waals surface area contributed by atoms with Gasteiger partial charge in [0, 0.05) is 19.2 Å². The maximum absolute atomic E-state index is 12.4. The van der Waals surface area contributed by atoms with Gasteiger partial charge in [-0.25, -0.2) is 4.98 Å². The van der Waals surface area contributed by atoms with E-state index in [2.05, 4.69) is 25.1 Å². The van der Waals surface area contributed by atoms with Gasteiger partial charge in [-0.3, -0.25) is 4.79 Å². The number of pyridine rings is 1. The molecule has 3 heterocycles. The summed E-state index contributed by atoms with van der Waals surface area (Å²) in [5.74, 6) is 1.12. The minimum absolute atomic E-state index is 0.192. The minimum Gasteiger partial charge on any atom is -0.308 e. The number of nitrogens with zero attached hydrogens (tertiary/aromatic N) is 4. The van der Waals surface area contributed by atoms with Gasteiger partial charge in [-0.2, -0.15) is 0 Å². The lowest BCUT2D eigenvalue weighted by Crippen LogP contribution is -2.23. The van der Waals surface area contributed by atoms with Crippen molar-refractivity contribution in [1.29, 1.82) is 0 Å². The summed E-state index contributed by atoms with van der Waals surface area (Å²) >= 11 is 13.2. The molecule has 0 fully saturated rings. The van der Waals surface area contributed by atoms with E-state index in [0.717, 1.165) is 36.8 Å². The fourth-order valence-corrected chi connectivity index (χ4v) is 3.80. The molecule has 2 aromatic rings. The molecule has 0 unspecified atom stereocenters. The molecule has 0 saturated carbocycles. The fraction of sp³-hybridized carbons (Fsp3) is 0.467. The molecule has 0 aromatic carbocycles. The standard InChI is InChI=1S/C15H17Cl2N5OS/c1-9(14(23)19-13-11(17)7-10(16)8-18-13)24-15-21-20-12-5-3-2-4-6-22(12)15/h7-9H,2-6H2,1H3,(H,18,19,23)/t9-/m1/s1. The first-order valence-corrected chi connectivity index (χ1v) is 9.39. The summed E-state index contributed by atoms with van der Waals surface area (Å²) in [4.78, 5) is 16.4. The van der Waals surface area contributed by atoms with Crippen LogP contribution in [0.5, 0.6) is 0 Å². The van der Waals surface area contributed by atoms with E-state index in [9.17, 15) is 4.79 Å². The maximum Gasteiger partial charge on any atom is 0.238 e. The van der Waals surface area contributed by atoms with Crippen LogP contribution in [0.1, 0.15) is 32.0 Å². The lowest BCUT2D eigenvalue weighted by atomic mass is 10.2. The smallest absolute Gasteiger partial charge is 0.238 e. The molecule has 24 heavy (non-hydrogen) atoms. The Balaban J connectivity index is 1.67. The van der Waals surface area contributed by atoms with Gasteiger partial charge in [-0.1, -0.05) is 41.4 Å². The Morgan fingerprint density at radius 2 is 2.17 bits per heavy atom. The average Bonchev–Trinajstić information content (AvgIpc) is 2.78. The number of fused-ring (bicyclic) bond motifs is 1. The molecule has 1 N–H and O–H groups in total. The van der Waals surface area contributed by atoms with Crippen LogP contribution in [0.2, 0.25) is 10.0 Å². The molecule has 3 rings (SSSR count). The predicted molar refractivity (Wildman–Crippen MR) is 95.8 cm³/mol. The van der Waals surface area contributed by atoms with Crippen LogP contribution in [0, 0.1) is 0 Å². The van der Waals surface area contributed by atoms with Crippen molar-refractivity contribution in [2.24, 2.45) is 0 Å². The normalized spacial score (nSPS) is 15.5. The van der Waals surface area contributed by atoms with E-state index in [1.807, 2.05) is 6.92 Å². The van der Waals surface area contributed by atoms with Gasteiger partial charge < -0.3 is 9.88 Å². The lowest BCUT2D eigenvalue weighted by molar-refractivity contribution is -0.115. The zero-order chi connectivity index (χ0) is 17.1. The van der Waals surface area contributed by atoms with Crippen LogP contribution >= 0.6 is 35.0 Å². The molecule has 128 valence electrons. The topological polar surface area (TPSA) is 72.7 Å². The predicted octanol–water partition coefficient (Wildman–Crippen LogP) is 3.83. The van der Waals surface area contributed by atoms with Crippen LogP contribution in [-0.2, 0) is 17.8 Å². The Morgan fingerprint density at radius 3 is 2.96 bits per heavy atom. The highest BCUT2D eigenvalue weighted by molar-refractivity contribution is 8.00. The molecular weight excluding hydrogens is 369 g/mol. The molecule has 9 heteroatoms. The van der Waals surface area contributed by atoms with Gasteiger partial charge in [0.2, 0.25) is 5.91 Å². The molecule has 0 spiro atoms. The Morgan fingerprint density at radius 1 is 1.33 bits per heavy atom. The second kappa shape index (κ2) is 7.72. The third kappa shape index (κ3) is 4.02. The number of carbonyl (C=O) groups excluding carboxylic acids is 1. The van der Waals surface area contributed by atoms with E-state index in [1.54, 1.807) is 6.07 Å². The number of aromatic nitrogens is 4. The molecule has 0 radical (unpaired) electrons. The van der Waals surface area contributed by atoms with Crippen molar-refractivity contribution < 1.29 is 4.79 Å². The molecule has 0 bridgehead atoms. The summed E-state index contributed by atoms with van der Waals surface area (Å²) in [5.41, 5.74) is 0. The van der Waals surface area contributed by atoms with Gasteiger partial charge in [0.25, 0.3) is 0 Å². The number of anilines is 1. The van der Waals surface area contributed by atoms with Crippen LogP contribution in [0.15, 0.2) is 17.4 Å². The largest absolute Gasteiger partial charge is 0.308 e. The van der Waals surface area contributed by atoms with E-state index in [0.29, 0.717) is 15.9 Å². The number of thioether (sulfide) groups is 1. The number of carbonyl (C=O) groups is 1. The Kier molecular flexibility index (Phi) is 5.63. The van der Waals surface area contributed by atoms with Gasteiger partial charge in [0.1, 0.15) is 5.82 Å². The molecule has 0 aliphatic carbocycles. The first-order valence-electron chi connectivity index (χ1n) is 7.75. The van der Waals surface area contributed by atoms with E-state index < -0.39 is 0 Å². The number of halogens is 2. The van der Waals surface area contributed by atoms with Crippen molar-refractivity contribution in [3.63, 3.8) is 0 Å². The van der Waals surface area contributed by atoms with E-state index in [1.165, 1.54) is 24.4 Å². The lowest BCUT2D eigenvalue weighted by Gasteiger charge is -2.13. The van der Waals surface area contributed by atoms with Crippen LogP contribution in [0.3, 0.4) is 0 Å². The van der Waals surface area contributed by atoms with Gasteiger partial charge in [-0.15, -0.1) is 10.2 Å². The molecule has 2 aromatic heterocycles. The molecule has 1 aliphatic rings. The third-order valence-corrected chi connectivity index (χ3v) is 5.35. The number of nitrogens with one attached hydrogen (secondary N) is 1. The molecule has 6 nitrogen and oxygen atoms in total. The molecular formula is C15H17Cl2N5OS. The molecule has 1 aliphatic heterocycles. The van der Waals surface area contributed by atoms with Crippen molar-refractivity contribution in [2.75, 3.05) is 5.32 Å². The second-order valence-electron chi connectivity index (χ2n) is 5.59. The van der Waals surface area contributed by atoms with Crippen LogP contribution < -0.4 is 5.32 Å². The Hall–Kier alpha value is -1.31. The highest BCUT2D eigenvalue weighted by Gasteiger charge is 2.22. The summed E-state index contributed by atoms with van der Waals surface area (Å²) in [5, 5.41) is 12.4. The Labute approximate surface area is 154 Å². The van der Waals surface area contributed by atoms with Gasteiger partial charge in [-0.05, 0) is 25.8 Å². The number of aryl methyl sites for hydroxylation is 1. The number of hydrogen-bond acceptors (Lipinski definition) is 5. The highest BCUT2D eigenvalue weighted by Crippen LogP contribution is 2.27. The summed E-state index contributed by atoms with van der Waals surface area (Å²) in [6.45, 7) is 2.73. The Bertz CT molecular complexity index is 751. The average molecular weight is 386 g/mol. The fourth-order valence-electron chi connectivity index (χ4n) is 2.48. The van der Waals surface area contributed by atoms with Crippen molar-refractivity contribution in [1.82, 2.24) is 19.7 Å². The highest BCUT2D eigenvalue weighted by atomic mass is 35.5. The van der Waals surface area contributed by atoms with Crippen molar-refractivity contribution in [3.8, 4) is 0 Å².